The van der Waals surface area contributed by atoms with E-state index in [4.69, 9.17) is 9.72 Å². The number of rotatable bonds is 19. The van der Waals surface area contributed by atoms with Gasteiger partial charge in [0.1, 0.15) is 5.82 Å². The summed E-state index contributed by atoms with van der Waals surface area (Å²) < 4.78 is 39.3. The van der Waals surface area contributed by atoms with E-state index in [1.165, 1.54) is 55.7 Å². The van der Waals surface area contributed by atoms with Gasteiger partial charge in [0.2, 0.25) is 0 Å². The molecule has 1 N–H and O–H groups in total. The van der Waals surface area contributed by atoms with Crippen LogP contribution in [0.25, 0.3) is 11.4 Å². The smallest absolute Gasteiger partial charge is 0.173 e. The van der Waals surface area contributed by atoms with Gasteiger partial charge in [0.25, 0.3) is 0 Å². The molecular weight excluding hydrogens is 721 g/mol. The molecule has 1 heterocycles. The Bertz CT molecular complexity index is 1820. The average molecular weight is 793 g/mol. The number of imidazole rings is 1. The Kier molecular flexibility index (Phi) is 19.7. The lowest BCUT2D eigenvalue weighted by Crippen LogP contribution is -2.52. The van der Waals surface area contributed by atoms with Crippen molar-refractivity contribution in [3.05, 3.63) is 106 Å². The molecule has 1 aromatic heterocycles. The minimum absolute atomic E-state index is 0.146. The van der Waals surface area contributed by atoms with Gasteiger partial charge in [0.15, 0.2) is 16.7 Å². The highest BCUT2D eigenvalue weighted by molar-refractivity contribution is 7.98. The first kappa shape index (κ1) is 48.3. The normalized spacial score (nSPS) is 11.3. The maximum Gasteiger partial charge on any atom is 0.173 e. The third kappa shape index (κ3) is 11.9. The second kappa shape index (κ2) is 22.8. The van der Waals surface area contributed by atoms with Gasteiger partial charge in [0, 0.05) is 53.8 Å². The molecule has 6 nitrogen and oxygen atoms in total. The van der Waals surface area contributed by atoms with Crippen LogP contribution in [-0.4, -0.2) is 68.0 Å². The van der Waals surface area contributed by atoms with Crippen LogP contribution in [0.5, 0.6) is 5.75 Å². The zero-order valence-corrected chi connectivity index (χ0v) is 37.9. The predicted molar refractivity (Wildman–Crippen MR) is 239 cm³/mol. The fourth-order valence-electron chi connectivity index (χ4n) is 7.31. The van der Waals surface area contributed by atoms with Crippen LogP contribution in [0.2, 0.25) is 0 Å². The number of ether oxygens (including phenoxy) is 1. The minimum atomic E-state index is -0.455. The van der Waals surface area contributed by atoms with Crippen molar-refractivity contribution in [2.45, 2.75) is 112 Å². The van der Waals surface area contributed by atoms with E-state index in [1.807, 2.05) is 63.5 Å². The number of nitrogens with zero attached hydrogens (tertiary/aromatic N) is 4. The second-order valence-electron chi connectivity index (χ2n) is 14.8. The van der Waals surface area contributed by atoms with Gasteiger partial charge in [-0.15, -0.1) is 0 Å². The van der Waals surface area contributed by atoms with Gasteiger partial charge < -0.3 is 19.4 Å². The number of aromatic nitrogens is 2. The molecule has 3 aromatic carbocycles. The van der Waals surface area contributed by atoms with Crippen LogP contribution < -0.4 is 15.0 Å². The summed E-state index contributed by atoms with van der Waals surface area (Å²) in [5.41, 5.74) is 7.60. The first-order valence-electron chi connectivity index (χ1n) is 20.6. The Morgan fingerprint density at radius 1 is 0.875 bits per heavy atom. The van der Waals surface area contributed by atoms with Gasteiger partial charge in [-0.2, -0.15) is 0 Å². The summed E-state index contributed by atoms with van der Waals surface area (Å²) in [5, 5.41) is 4.20. The zero-order valence-electron chi connectivity index (χ0n) is 37.1. The summed E-state index contributed by atoms with van der Waals surface area (Å²) in [4.78, 5) is 6.84. The van der Waals surface area contributed by atoms with Crippen molar-refractivity contribution < 1.29 is 18.0 Å². The Morgan fingerprint density at radius 3 is 2.05 bits per heavy atom. The van der Waals surface area contributed by atoms with E-state index in [2.05, 4.69) is 78.6 Å². The zero-order chi connectivity index (χ0) is 42.2. The third-order valence-corrected chi connectivity index (χ3v) is 11.3. The number of halogens is 2. The van der Waals surface area contributed by atoms with Crippen LogP contribution in [0, 0.1) is 25.5 Å². The fraction of sp³-hybridized carbons (Fsp3) is 0.511. The number of aryl methyl sites for hydroxylation is 2. The van der Waals surface area contributed by atoms with Gasteiger partial charge >= 0.3 is 0 Å². The monoisotopic (exact) mass is 793 g/mol. The molecule has 9 heteroatoms. The molecular formula is C47H72F2N5OS+. The molecule has 310 valence electrons. The number of methoxy groups -OCH3 is 1. The average Bonchev–Trinajstić information content (AvgIpc) is 3.62. The summed E-state index contributed by atoms with van der Waals surface area (Å²) in [6.07, 6.45) is 5.34. The lowest BCUT2D eigenvalue weighted by atomic mass is 9.80. The van der Waals surface area contributed by atoms with Crippen molar-refractivity contribution in [2.24, 2.45) is 0 Å². The third-order valence-electron chi connectivity index (χ3n) is 10.4. The van der Waals surface area contributed by atoms with Gasteiger partial charge in [-0.05, 0) is 74.1 Å². The van der Waals surface area contributed by atoms with Crippen LogP contribution >= 0.6 is 11.8 Å². The molecule has 0 bridgehead atoms. The molecule has 0 aliphatic rings. The molecule has 56 heavy (non-hydrogen) atoms. The molecule has 4 rings (SSSR count). The van der Waals surface area contributed by atoms with Crippen LogP contribution in [0.15, 0.2) is 66.5 Å². The predicted octanol–water partition coefficient (Wildman–Crippen LogP) is 12.1. The first-order chi connectivity index (χ1) is 26.7. The van der Waals surface area contributed by atoms with E-state index in [0.29, 0.717) is 16.5 Å². The van der Waals surface area contributed by atoms with Crippen molar-refractivity contribution in [2.75, 3.05) is 58.8 Å². The van der Waals surface area contributed by atoms with E-state index in [0.717, 1.165) is 70.7 Å². The van der Waals surface area contributed by atoms with Crippen molar-refractivity contribution in [3.8, 4) is 11.4 Å². The van der Waals surface area contributed by atoms with E-state index < -0.39 is 11.2 Å². The molecule has 0 fully saturated rings. The summed E-state index contributed by atoms with van der Waals surface area (Å²) in [5.74, 6) is -0.246. The van der Waals surface area contributed by atoms with Crippen LogP contribution in [-0.2, 0) is 11.2 Å². The van der Waals surface area contributed by atoms with Crippen molar-refractivity contribution in [1.82, 2.24) is 14.9 Å². The van der Waals surface area contributed by atoms with E-state index >= 15 is 4.39 Å². The molecule has 0 saturated heterocycles. The van der Waals surface area contributed by atoms with Gasteiger partial charge in [-0.25, -0.2) is 13.8 Å². The van der Waals surface area contributed by atoms with Crippen LogP contribution in [0.1, 0.15) is 115 Å². The maximum absolute atomic E-state index is 16.2. The molecule has 0 spiro atoms. The van der Waals surface area contributed by atoms with E-state index in [1.54, 1.807) is 18.2 Å². The highest BCUT2D eigenvalue weighted by Gasteiger charge is 2.31. The van der Waals surface area contributed by atoms with Crippen LogP contribution in [0.4, 0.5) is 14.5 Å². The van der Waals surface area contributed by atoms with E-state index in [9.17, 15) is 4.39 Å². The maximum atomic E-state index is 16.2. The number of hydrogen-bond acceptors (Lipinski definition) is 5. The number of anilines is 1. The number of hydrogen-bond donors (Lipinski definition) is 1. The lowest BCUT2D eigenvalue weighted by Gasteiger charge is -2.38. The van der Waals surface area contributed by atoms with Crippen molar-refractivity contribution >= 4 is 23.1 Å². The van der Waals surface area contributed by atoms with Crippen LogP contribution in [0.3, 0.4) is 0 Å². The second-order valence-corrected chi connectivity index (χ2v) is 15.7. The molecule has 0 aliphatic carbocycles. The number of benzene rings is 3. The Morgan fingerprint density at radius 2 is 1.50 bits per heavy atom. The fourth-order valence-corrected chi connectivity index (χ4v) is 8.33. The Labute approximate surface area is 343 Å². The highest BCUT2D eigenvalue weighted by atomic mass is 32.2. The van der Waals surface area contributed by atoms with Gasteiger partial charge in [-0.1, -0.05) is 98.9 Å². The summed E-state index contributed by atoms with van der Waals surface area (Å²) >= 11 is 1.45. The largest absolute Gasteiger partial charge is 0.494 e. The van der Waals surface area contributed by atoms with E-state index in [-0.39, 0.29) is 11.6 Å². The first-order valence-corrected chi connectivity index (χ1v) is 21.6. The molecule has 0 saturated carbocycles. The Hall–Kier alpha value is -3.82. The number of quaternary nitrogens is 1. The SMILES string of the molecule is C=C(NCC[N+](CCC)(CCC)CCC)c1cc(F)c(CSc2ncc(C(C)(C)c3ccc(C)c(C)c3)n2-c2ccc(F)c(OC)c2)c(N(C)C)c1.CC.CC. The standard InChI is InChI=1S/C43H60F2N5OS.2C2H6/c1-12-20-50(21-13-2,22-14-3)23-19-46-32(6)33-25-38(45)36(39(26-33)48(9)10)29-52-42-47-28-41(43(7,8)34-16-15-30(4)31(5)24-34)49(42)35-17-18-37(44)40(27-35)51-11;2*1-2/h15-18,24-28,46H,6,12-14,19-23,29H2,1-5,7-11H3;2*1-2H3/q+1;;. The number of thioether (sulfide) groups is 1. The van der Waals surface area contributed by atoms with Gasteiger partial charge in [-0.3, -0.25) is 4.57 Å². The minimum Gasteiger partial charge on any atom is -0.494 e. The number of nitrogens with one attached hydrogen (secondary N) is 1. The molecule has 0 radical (unpaired) electrons. The molecule has 0 aliphatic heterocycles. The van der Waals surface area contributed by atoms with Crippen molar-refractivity contribution in [1.29, 1.82) is 0 Å². The summed E-state index contributed by atoms with van der Waals surface area (Å²) in [6.45, 7) is 32.9. The highest BCUT2D eigenvalue weighted by Crippen LogP contribution is 2.39. The molecule has 0 unspecified atom stereocenters. The Balaban J connectivity index is 0.00000262. The molecule has 0 atom stereocenters. The van der Waals surface area contributed by atoms with Gasteiger partial charge in [0.05, 0.1) is 57.4 Å². The lowest BCUT2D eigenvalue weighted by molar-refractivity contribution is -0.927. The summed E-state index contributed by atoms with van der Waals surface area (Å²) in [7, 11) is 5.33. The molecule has 4 aromatic rings. The molecule has 0 amide bonds. The topological polar surface area (TPSA) is 42.3 Å². The quantitative estimate of drug-likeness (QED) is 0.0757. The van der Waals surface area contributed by atoms with Crippen molar-refractivity contribution in [3.63, 3.8) is 0 Å². The summed E-state index contributed by atoms with van der Waals surface area (Å²) in [6, 6.07) is 15.0.